The largest absolute Gasteiger partial charge is 0.487 e. The summed E-state index contributed by atoms with van der Waals surface area (Å²) < 4.78 is 35.1. The van der Waals surface area contributed by atoms with Crippen molar-refractivity contribution in [2.75, 3.05) is 6.54 Å². The van der Waals surface area contributed by atoms with Gasteiger partial charge in [-0.25, -0.2) is 8.78 Å². The summed E-state index contributed by atoms with van der Waals surface area (Å²) in [4.78, 5) is 37.9. The highest BCUT2D eigenvalue weighted by Crippen LogP contribution is 2.49. The topological polar surface area (TPSA) is 105 Å². The first kappa shape index (κ1) is 26.9. The van der Waals surface area contributed by atoms with Crippen molar-refractivity contribution in [3.05, 3.63) is 29.3 Å². The molecule has 4 fully saturated rings. The third-order valence-corrected chi connectivity index (χ3v) is 9.88. The van der Waals surface area contributed by atoms with E-state index in [-0.39, 0.29) is 40.4 Å². The molecule has 7 nitrogen and oxygen atoms in total. The number of fused-ring (bicyclic) bond motifs is 2. The Kier molecular flexibility index (Phi) is 7.16. The van der Waals surface area contributed by atoms with Gasteiger partial charge in [-0.1, -0.05) is 13.3 Å². The smallest absolute Gasteiger partial charge is 0.309 e. The van der Waals surface area contributed by atoms with Gasteiger partial charge in [-0.05, 0) is 88.0 Å². The molecule has 2 bridgehead atoms. The zero-order valence-electron chi connectivity index (χ0n) is 22.2. The van der Waals surface area contributed by atoms with Gasteiger partial charge in [0.05, 0.1) is 23.0 Å². The number of carbonyl (C=O) groups excluding carboxylic acids is 2. The maximum Gasteiger partial charge on any atom is 0.309 e. The number of nitrogens with one attached hydrogen (secondary N) is 2. The molecule has 4 aliphatic carbocycles. The van der Waals surface area contributed by atoms with Gasteiger partial charge in [0.25, 0.3) is 5.91 Å². The number of carboxylic acids is 1. The second-order valence-corrected chi connectivity index (χ2v) is 12.7. The zero-order chi connectivity index (χ0) is 27.2. The van der Waals surface area contributed by atoms with E-state index in [0.29, 0.717) is 38.3 Å². The molecule has 208 valence electrons. The molecule has 0 unspecified atom stereocenters. The normalized spacial score (nSPS) is 33.3. The van der Waals surface area contributed by atoms with E-state index in [1.807, 2.05) is 0 Å². The van der Waals surface area contributed by atoms with Crippen molar-refractivity contribution in [3.63, 3.8) is 0 Å². The van der Waals surface area contributed by atoms with E-state index in [9.17, 15) is 28.3 Å². The van der Waals surface area contributed by atoms with E-state index < -0.39 is 41.1 Å². The fourth-order valence-electron chi connectivity index (χ4n) is 7.01. The zero-order valence-corrected chi connectivity index (χ0v) is 22.2. The van der Waals surface area contributed by atoms with E-state index in [2.05, 4.69) is 17.6 Å². The van der Waals surface area contributed by atoms with Gasteiger partial charge >= 0.3 is 5.97 Å². The Morgan fingerprint density at radius 1 is 1.00 bits per heavy atom. The second kappa shape index (κ2) is 10.1. The third kappa shape index (κ3) is 5.13. The van der Waals surface area contributed by atoms with Crippen molar-refractivity contribution in [2.45, 2.75) is 90.2 Å². The van der Waals surface area contributed by atoms with Crippen LogP contribution < -0.4 is 15.4 Å². The van der Waals surface area contributed by atoms with E-state index in [1.54, 1.807) is 6.92 Å². The average molecular weight is 533 g/mol. The van der Waals surface area contributed by atoms with Crippen LogP contribution in [-0.2, 0) is 9.59 Å². The predicted molar refractivity (Wildman–Crippen MR) is 136 cm³/mol. The quantitative estimate of drug-likeness (QED) is 0.445. The van der Waals surface area contributed by atoms with Crippen LogP contribution in [0.15, 0.2) is 12.1 Å². The van der Waals surface area contributed by atoms with E-state index in [1.165, 1.54) is 6.42 Å². The van der Waals surface area contributed by atoms with Crippen LogP contribution in [-0.4, -0.2) is 41.6 Å². The van der Waals surface area contributed by atoms with Crippen LogP contribution in [0.2, 0.25) is 0 Å². The van der Waals surface area contributed by atoms with Crippen LogP contribution in [0.4, 0.5) is 8.78 Å². The highest BCUT2D eigenvalue weighted by atomic mass is 19.1. The Morgan fingerprint density at radius 3 is 2.32 bits per heavy atom. The summed E-state index contributed by atoms with van der Waals surface area (Å²) in [6.45, 7) is 4.48. The molecule has 5 rings (SSSR count). The molecule has 38 heavy (non-hydrogen) atoms. The van der Waals surface area contributed by atoms with Gasteiger partial charge < -0.3 is 20.5 Å². The first-order valence-corrected chi connectivity index (χ1v) is 14.0. The Hall–Kier alpha value is -2.71. The molecule has 0 aromatic heterocycles. The van der Waals surface area contributed by atoms with Gasteiger partial charge in [0, 0.05) is 18.7 Å². The van der Waals surface area contributed by atoms with Gasteiger partial charge in [0.15, 0.2) is 11.6 Å². The molecule has 0 aliphatic heterocycles. The minimum Gasteiger partial charge on any atom is -0.487 e. The second-order valence-electron chi connectivity index (χ2n) is 12.7. The summed E-state index contributed by atoms with van der Waals surface area (Å²) >= 11 is 0. The molecule has 1 aromatic carbocycles. The molecule has 2 amide bonds. The molecule has 4 atom stereocenters. The summed E-state index contributed by atoms with van der Waals surface area (Å²) in [5.74, 6) is -3.73. The Morgan fingerprint density at radius 2 is 1.68 bits per heavy atom. The number of carboxylic acid groups (broad SMARTS) is 1. The molecule has 9 heteroatoms. The van der Waals surface area contributed by atoms with Crippen LogP contribution in [0.5, 0.6) is 5.75 Å². The fraction of sp³-hybridized carbons (Fsp3) is 0.690. The average Bonchev–Trinajstić information content (AvgIpc) is 3.46. The standard InChI is InChI=1S/C29H38F2N2O5/c1-28(8-3-9-28)15-32-26(35)23-16-4-5-17(12-16)24(23)33-25(34)19-13-22(21(31)14-20(19)30)38-18-6-10-29(2,11-7-18)27(36)37/h13-14,16-18,23-24H,3-12,15H2,1-2H3,(H,32,35)(H,33,34)(H,36,37)/t16-,17+,18?,23+,24-,29?/m1/s1. The Bertz CT molecular complexity index is 1110. The lowest BCUT2D eigenvalue weighted by molar-refractivity contribution is -0.150. The number of hydrogen-bond donors (Lipinski definition) is 3. The number of aliphatic carboxylic acids is 1. The van der Waals surface area contributed by atoms with Crippen molar-refractivity contribution in [2.24, 2.45) is 28.6 Å². The summed E-state index contributed by atoms with van der Waals surface area (Å²) in [5, 5.41) is 15.4. The molecule has 0 saturated heterocycles. The highest BCUT2D eigenvalue weighted by Gasteiger charge is 2.51. The maximum atomic E-state index is 14.8. The summed E-state index contributed by atoms with van der Waals surface area (Å²) in [5.41, 5.74) is -1.02. The number of hydrogen-bond acceptors (Lipinski definition) is 4. The molecule has 4 aliphatic rings. The lowest BCUT2D eigenvalue weighted by Crippen LogP contribution is -2.51. The predicted octanol–water partition coefficient (Wildman–Crippen LogP) is 4.83. The fourth-order valence-corrected chi connectivity index (χ4v) is 7.01. The number of amides is 2. The lowest BCUT2D eigenvalue weighted by Gasteiger charge is -2.39. The van der Waals surface area contributed by atoms with Gasteiger partial charge in [-0.3, -0.25) is 14.4 Å². The van der Waals surface area contributed by atoms with Crippen LogP contribution in [0.3, 0.4) is 0 Å². The maximum absolute atomic E-state index is 14.8. The van der Waals surface area contributed by atoms with Crippen LogP contribution in [0.25, 0.3) is 0 Å². The van der Waals surface area contributed by atoms with Crippen molar-refractivity contribution >= 4 is 17.8 Å². The Labute approximate surface area is 222 Å². The minimum absolute atomic E-state index is 0.0510. The van der Waals surface area contributed by atoms with Gasteiger partial charge in [0.1, 0.15) is 5.82 Å². The molecule has 0 radical (unpaired) electrons. The minimum atomic E-state index is -0.989. The number of carbonyl (C=O) groups is 3. The molecule has 3 N–H and O–H groups in total. The molecule has 0 spiro atoms. The summed E-state index contributed by atoms with van der Waals surface area (Å²) in [6, 6.07) is 1.35. The number of halogens is 2. The first-order valence-electron chi connectivity index (χ1n) is 14.0. The number of ether oxygens (including phenoxy) is 1. The number of rotatable bonds is 8. The number of benzene rings is 1. The van der Waals surface area contributed by atoms with E-state index >= 15 is 0 Å². The lowest BCUT2D eigenvalue weighted by atomic mass is 9.70. The van der Waals surface area contributed by atoms with Gasteiger partial charge in [-0.15, -0.1) is 0 Å². The van der Waals surface area contributed by atoms with E-state index in [4.69, 9.17) is 4.74 Å². The van der Waals surface area contributed by atoms with Crippen molar-refractivity contribution < 1.29 is 33.0 Å². The molecule has 1 aromatic rings. The molecule has 4 saturated carbocycles. The van der Waals surface area contributed by atoms with Gasteiger partial charge in [-0.2, -0.15) is 0 Å². The molecule has 0 heterocycles. The Balaban J connectivity index is 1.26. The molecular weight excluding hydrogens is 494 g/mol. The third-order valence-electron chi connectivity index (χ3n) is 9.88. The van der Waals surface area contributed by atoms with Crippen molar-refractivity contribution in [1.82, 2.24) is 10.6 Å². The van der Waals surface area contributed by atoms with Crippen LogP contribution >= 0.6 is 0 Å². The van der Waals surface area contributed by atoms with E-state index in [0.717, 1.165) is 38.2 Å². The van der Waals surface area contributed by atoms with Crippen molar-refractivity contribution in [3.8, 4) is 5.75 Å². The SMILES string of the molecule is CC1(CNC(=O)[C@H]2[C@@H]3CC[C@@H](C3)[C@H]2NC(=O)c2cc(OC3CCC(C)(C(=O)O)CC3)c(F)cc2F)CCC1. The van der Waals surface area contributed by atoms with Crippen LogP contribution in [0.1, 0.15) is 88.4 Å². The summed E-state index contributed by atoms with van der Waals surface area (Å²) in [7, 11) is 0. The first-order chi connectivity index (χ1) is 18.0. The van der Waals surface area contributed by atoms with Crippen molar-refractivity contribution in [1.29, 1.82) is 0 Å². The summed E-state index contributed by atoms with van der Waals surface area (Å²) in [6.07, 6.45) is 7.27. The van der Waals surface area contributed by atoms with Crippen LogP contribution in [0, 0.1) is 40.2 Å². The highest BCUT2D eigenvalue weighted by molar-refractivity contribution is 5.95. The monoisotopic (exact) mass is 532 g/mol. The molecular formula is C29H38F2N2O5. The van der Waals surface area contributed by atoms with Gasteiger partial charge in [0.2, 0.25) is 5.91 Å².